The van der Waals surface area contributed by atoms with Gasteiger partial charge in [0.05, 0.1) is 5.52 Å². The smallest absolute Gasteiger partial charge is 0.178 e. The summed E-state index contributed by atoms with van der Waals surface area (Å²) >= 11 is 7.48. The van der Waals surface area contributed by atoms with Crippen molar-refractivity contribution in [1.29, 1.82) is 0 Å². The summed E-state index contributed by atoms with van der Waals surface area (Å²) < 4.78 is 12.9. The van der Waals surface area contributed by atoms with Crippen LogP contribution in [0, 0.1) is 5.82 Å². The second-order valence-corrected chi connectivity index (χ2v) is 5.31. The largest absolute Gasteiger partial charge is 0.332 e. The van der Waals surface area contributed by atoms with Gasteiger partial charge in [0, 0.05) is 17.0 Å². The molecule has 96 valence electrons. The Kier molecular flexibility index (Phi) is 3.40. The second-order valence-electron chi connectivity index (χ2n) is 3.94. The predicted molar refractivity (Wildman–Crippen MR) is 74.9 cm³/mol. The molecular weight excluding hydrogens is 285 g/mol. The number of fused-ring (bicyclic) bond motifs is 1. The molecule has 0 spiro atoms. The highest BCUT2D eigenvalue weighted by Gasteiger charge is 2.06. The molecule has 1 N–H and O–H groups in total. The summed E-state index contributed by atoms with van der Waals surface area (Å²) in [6.45, 7) is 0. The Morgan fingerprint density at radius 2 is 2.21 bits per heavy atom. The van der Waals surface area contributed by atoms with Crippen LogP contribution in [0.4, 0.5) is 4.39 Å². The van der Waals surface area contributed by atoms with Crippen LogP contribution in [0.2, 0.25) is 5.02 Å². The Morgan fingerprint density at radius 3 is 3.00 bits per heavy atom. The van der Waals surface area contributed by atoms with Crippen LogP contribution in [0.1, 0.15) is 5.56 Å². The first-order chi connectivity index (χ1) is 9.22. The average molecular weight is 294 g/mol. The number of hydrogen-bond acceptors (Lipinski definition) is 3. The Hall–Kier alpha value is -1.59. The van der Waals surface area contributed by atoms with E-state index in [4.69, 9.17) is 11.6 Å². The maximum atomic E-state index is 12.9. The van der Waals surface area contributed by atoms with E-state index in [1.165, 1.54) is 23.9 Å². The fourth-order valence-electron chi connectivity index (χ4n) is 1.68. The van der Waals surface area contributed by atoms with Gasteiger partial charge in [-0.1, -0.05) is 29.4 Å². The molecule has 2 aromatic heterocycles. The third-order valence-electron chi connectivity index (χ3n) is 2.62. The van der Waals surface area contributed by atoms with Gasteiger partial charge < -0.3 is 4.98 Å². The molecule has 19 heavy (non-hydrogen) atoms. The molecule has 0 radical (unpaired) electrons. The Morgan fingerprint density at radius 1 is 1.32 bits per heavy atom. The highest BCUT2D eigenvalue weighted by atomic mass is 35.5. The van der Waals surface area contributed by atoms with Crippen LogP contribution in [0.25, 0.3) is 11.2 Å². The van der Waals surface area contributed by atoms with Gasteiger partial charge in [-0.15, -0.1) is 0 Å². The van der Waals surface area contributed by atoms with Crippen molar-refractivity contribution >= 4 is 34.5 Å². The van der Waals surface area contributed by atoms with Gasteiger partial charge in [-0.3, -0.25) is 0 Å². The first-order valence-electron chi connectivity index (χ1n) is 5.60. The zero-order chi connectivity index (χ0) is 13.2. The lowest BCUT2D eigenvalue weighted by molar-refractivity contribution is 0.627. The number of nitrogens with zero attached hydrogens (tertiary/aromatic N) is 2. The van der Waals surface area contributed by atoms with Crippen LogP contribution >= 0.6 is 23.4 Å². The fourth-order valence-corrected chi connectivity index (χ4v) is 2.87. The van der Waals surface area contributed by atoms with E-state index in [2.05, 4.69) is 15.0 Å². The Bertz CT molecular complexity index is 696. The highest BCUT2D eigenvalue weighted by Crippen LogP contribution is 2.26. The van der Waals surface area contributed by atoms with E-state index in [0.717, 1.165) is 16.2 Å². The molecule has 3 nitrogen and oxygen atoms in total. The SMILES string of the molecule is Fc1ccc(CSc2nc3ncccc3[nH]2)c(Cl)c1. The summed E-state index contributed by atoms with van der Waals surface area (Å²) in [5.74, 6) is 0.297. The Balaban J connectivity index is 1.78. The number of halogens is 2. The van der Waals surface area contributed by atoms with Gasteiger partial charge in [-0.25, -0.2) is 14.4 Å². The number of thioether (sulfide) groups is 1. The lowest BCUT2D eigenvalue weighted by atomic mass is 10.2. The number of H-pyrrole nitrogens is 1. The normalized spacial score (nSPS) is 11.1. The van der Waals surface area contributed by atoms with Crippen molar-refractivity contribution in [3.05, 3.63) is 52.9 Å². The summed E-state index contributed by atoms with van der Waals surface area (Å²) in [7, 11) is 0. The van der Waals surface area contributed by atoms with E-state index < -0.39 is 0 Å². The molecule has 0 fully saturated rings. The predicted octanol–water partition coefficient (Wildman–Crippen LogP) is 4.04. The number of aromatic nitrogens is 3. The lowest BCUT2D eigenvalue weighted by Gasteiger charge is -2.02. The van der Waals surface area contributed by atoms with E-state index in [-0.39, 0.29) is 5.82 Å². The van der Waals surface area contributed by atoms with Crippen molar-refractivity contribution in [3.63, 3.8) is 0 Å². The standard InChI is InChI=1S/C13H9ClFN3S/c14-10-6-9(15)4-3-8(10)7-19-13-17-11-2-1-5-16-12(11)18-13/h1-6H,7H2,(H,16,17,18). The summed E-state index contributed by atoms with van der Waals surface area (Å²) in [4.78, 5) is 11.7. The summed E-state index contributed by atoms with van der Waals surface area (Å²) in [5, 5.41) is 1.20. The molecule has 0 unspecified atom stereocenters. The lowest BCUT2D eigenvalue weighted by Crippen LogP contribution is -1.85. The van der Waals surface area contributed by atoms with Gasteiger partial charge in [0.2, 0.25) is 0 Å². The van der Waals surface area contributed by atoms with Crippen LogP contribution in [0.3, 0.4) is 0 Å². The van der Waals surface area contributed by atoms with Crippen LogP contribution < -0.4 is 0 Å². The number of aromatic amines is 1. The van der Waals surface area contributed by atoms with Gasteiger partial charge >= 0.3 is 0 Å². The molecule has 0 saturated carbocycles. The van der Waals surface area contributed by atoms with Gasteiger partial charge in [-0.2, -0.15) is 0 Å². The van der Waals surface area contributed by atoms with E-state index in [9.17, 15) is 4.39 Å². The van der Waals surface area contributed by atoms with Crippen LogP contribution in [0.5, 0.6) is 0 Å². The summed E-state index contributed by atoms with van der Waals surface area (Å²) in [6.07, 6.45) is 1.70. The minimum atomic E-state index is -0.327. The summed E-state index contributed by atoms with van der Waals surface area (Å²) in [5.41, 5.74) is 2.46. The van der Waals surface area contributed by atoms with E-state index in [1.54, 1.807) is 12.3 Å². The first-order valence-corrected chi connectivity index (χ1v) is 6.96. The van der Waals surface area contributed by atoms with E-state index in [0.29, 0.717) is 16.4 Å². The molecule has 1 aromatic carbocycles. The quantitative estimate of drug-likeness (QED) is 0.741. The fraction of sp³-hybridized carbons (Fsp3) is 0.0769. The zero-order valence-electron chi connectivity index (χ0n) is 9.73. The summed E-state index contributed by atoms with van der Waals surface area (Å²) in [6, 6.07) is 8.18. The maximum Gasteiger partial charge on any atom is 0.178 e. The molecule has 3 rings (SSSR count). The topological polar surface area (TPSA) is 41.6 Å². The maximum absolute atomic E-state index is 12.9. The van der Waals surface area contributed by atoms with Gasteiger partial charge in [0.25, 0.3) is 0 Å². The van der Waals surface area contributed by atoms with Gasteiger partial charge in [0.1, 0.15) is 5.82 Å². The number of imidazole rings is 1. The number of rotatable bonds is 3. The van der Waals surface area contributed by atoms with Crippen molar-refractivity contribution < 1.29 is 4.39 Å². The average Bonchev–Trinajstić information content (AvgIpc) is 2.80. The molecule has 0 saturated heterocycles. The van der Waals surface area contributed by atoms with Crippen molar-refractivity contribution in [1.82, 2.24) is 15.0 Å². The molecule has 3 aromatic rings. The van der Waals surface area contributed by atoms with Crippen molar-refractivity contribution in [2.45, 2.75) is 10.9 Å². The first kappa shape index (κ1) is 12.4. The molecule has 0 bridgehead atoms. The van der Waals surface area contributed by atoms with Gasteiger partial charge in [0.15, 0.2) is 10.8 Å². The number of pyridine rings is 1. The molecule has 0 amide bonds. The molecule has 0 aliphatic rings. The number of benzene rings is 1. The number of hydrogen-bond donors (Lipinski definition) is 1. The third kappa shape index (κ3) is 2.72. The number of nitrogens with one attached hydrogen (secondary N) is 1. The minimum absolute atomic E-state index is 0.327. The second kappa shape index (κ2) is 5.19. The van der Waals surface area contributed by atoms with Crippen molar-refractivity contribution in [3.8, 4) is 0 Å². The van der Waals surface area contributed by atoms with Crippen molar-refractivity contribution in [2.24, 2.45) is 0 Å². The van der Waals surface area contributed by atoms with Crippen LogP contribution in [-0.2, 0) is 5.75 Å². The molecule has 2 heterocycles. The van der Waals surface area contributed by atoms with E-state index in [1.807, 2.05) is 12.1 Å². The van der Waals surface area contributed by atoms with E-state index >= 15 is 0 Å². The van der Waals surface area contributed by atoms with Crippen molar-refractivity contribution in [2.75, 3.05) is 0 Å². The third-order valence-corrected chi connectivity index (χ3v) is 3.89. The Labute approximate surface area is 118 Å². The van der Waals surface area contributed by atoms with Gasteiger partial charge in [-0.05, 0) is 29.8 Å². The van der Waals surface area contributed by atoms with Crippen LogP contribution in [0.15, 0.2) is 41.7 Å². The molecule has 0 atom stereocenters. The molecule has 0 aliphatic heterocycles. The molecule has 6 heteroatoms. The molecule has 0 aliphatic carbocycles. The van der Waals surface area contributed by atoms with Crippen LogP contribution in [-0.4, -0.2) is 15.0 Å². The minimum Gasteiger partial charge on any atom is -0.332 e. The highest BCUT2D eigenvalue weighted by molar-refractivity contribution is 7.98. The monoisotopic (exact) mass is 293 g/mol. The molecular formula is C13H9ClFN3S. The zero-order valence-corrected chi connectivity index (χ0v) is 11.3.